The molecule has 0 atom stereocenters. The maximum Gasteiger partial charge on any atom is 0.270 e. The van der Waals surface area contributed by atoms with E-state index in [9.17, 15) is 10.1 Å². The van der Waals surface area contributed by atoms with Crippen LogP contribution in [0, 0.1) is 10.1 Å². The molecular formula is C11H7ClN2O2. The van der Waals surface area contributed by atoms with Crippen LogP contribution in [0.15, 0.2) is 42.7 Å². The number of pyridine rings is 1. The maximum absolute atomic E-state index is 10.6. The largest absolute Gasteiger partial charge is 0.270 e. The van der Waals surface area contributed by atoms with E-state index in [1.165, 1.54) is 18.3 Å². The minimum Gasteiger partial charge on any atom is -0.263 e. The van der Waals surface area contributed by atoms with Gasteiger partial charge in [-0.05, 0) is 11.6 Å². The maximum atomic E-state index is 10.6. The van der Waals surface area contributed by atoms with Crippen molar-refractivity contribution < 1.29 is 4.92 Å². The van der Waals surface area contributed by atoms with E-state index in [-0.39, 0.29) is 5.69 Å². The Kier molecular flexibility index (Phi) is 2.83. The fraction of sp³-hybridized carbons (Fsp3) is 0. The van der Waals surface area contributed by atoms with Crippen molar-refractivity contribution in [3.8, 4) is 11.1 Å². The van der Waals surface area contributed by atoms with Crippen LogP contribution in [0.4, 0.5) is 5.69 Å². The summed E-state index contributed by atoms with van der Waals surface area (Å²) in [6.07, 6.45) is 3.13. The minimum absolute atomic E-state index is 0.0532. The summed E-state index contributed by atoms with van der Waals surface area (Å²) in [6, 6.07) is 8.07. The van der Waals surface area contributed by atoms with Crippen LogP contribution in [0.5, 0.6) is 0 Å². The molecule has 16 heavy (non-hydrogen) atoms. The van der Waals surface area contributed by atoms with Gasteiger partial charge in [0.2, 0.25) is 0 Å². The van der Waals surface area contributed by atoms with Gasteiger partial charge in [0.25, 0.3) is 5.69 Å². The molecule has 0 saturated heterocycles. The highest BCUT2D eigenvalue weighted by molar-refractivity contribution is 6.30. The number of rotatable bonds is 2. The Hall–Kier alpha value is -1.94. The Morgan fingerprint density at radius 2 is 2.00 bits per heavy atom. The first-order valence-electron chi connectivity index (χ1n) is 4.52. The van der Waals surface area contributed by atoms with Crippen molar-refractivity contribution in [2.45, 2.75) is 0 Å². The van der Waals surface area contributed by atoms with Crippen LogP contribution in [0.3, 0.4) is 0 Å². The third kappa shape index (κ3) is 2.17. The molecule has 0 aliphatic carbocycles. The lowest BCUT2D eigenvalue weighted by atomic mass is 10.1. The molecule has 1 aromatic carbocycles. The summed E-state index contributed by atoms with van der Waals surface area (Å²) >= 11 is 5.80. The van der Waals surface area contributed by atoms with Crippen molar-refractivity contribution in [3.05, 3.63) is 57.9 Å². The van der Waals surface area contributed by atoms with Gasteiger partial charge in [-0.1, -0.05) is 23.7 Å². The van der Waals surface area contributed by atoms with Crippen LogP contribution in [0.2, 0.25) is 5.02 Å². The third-order valence-electron chi connectivity index (χ3n) is 2.10. The Morgan fingerprint density at radius 1 is 1.19 bits per heavy atom. The van der Waals surface area contributed by atoms with Crippen LogP contribution in [-0.4, -0.2) is 9.91 Å². The number of hydrogen-bond acceptors (Lipinski definition) is 3. The normalized spacial score (nSPS) is 10.1. The lowest BCUT2D eigenvalue weighted by Gasteiger charge is -2.01. The molecule has 0 fully saturated rings. The topological polar surface area (TPSA) is 56.0 Å². The average Bonchev–Trinajstić information content (AvgIpc) is 2.29. The molecule has 0 radical (unpaired) electrons. The Morgan fingerprint density at radius 3 is 2.69 bits per heavy atom. The first-order valence-corrected chi connectivity index (χ1v) is 4.90. The Bertz CT molecular complexity index is 543. The smallest absolute Gasteiger partial charge is 0.263 e. The Labute approximate surface area is 96.7 Å². The number of nitro groups is 1. The van der Waals surface area contributed by atoms with Crippen molar-refractivity contribution in [1.82, 2.24) is 4.98 Å². The quantitative estimate of drug-likeness (QED) is 0.592. The van der Waals surface area contributed by atoms with Crippen LogP contribution in [0.25, 0.3) is 11.1 Å². The van der Waals surface area contributed by atoms with Gasteiger partial charge in [0.1, 0.15) is 0 Å². The molecule has 1 heterocycles. The van der Waals surface area contributed by atoms with E-state index >= 15 is 0 Å². The molecule has 0 aliphatic heterocycles. The SMILES string of the molecule is O=[N+]([O-])c1cccc(-c2cncc(Cl)c2)c1. The van der Waals surface area contributed by atoms with Crippen molar-refractivity contribution >= 4 is 17.3 Å². The summed E-state index contributed by atoms with van der Waals surface area (Å²) in [7, 11) is 0. The molecular weight excluding hydrogens is 228 g/mol. The second-order valence-corrected chi connectivity index (χ2v) is 3.64. The molecule has 0 bridgehead atoms. The molecule has 5 heteroatoms. The molecule has 0 aliphatic rings. The summed E-state index contributed by atoms with van der Waals surface area (Å²) in [5, 5.41) is 11.1. The third-order valence-corrected chi connectivity index (χ3v) is 2.30. The Balaban J connectivity index is 2.48. The average molecular weight is 235 g/mol. The van der Waals surface area contributed by atoms with E-state index in [1.807, 2.05) is 0 Å². The van der Waals surface area contributed by atoms with E-state index in [4.69, 9.17) is 11.6 Å². The zero-order valence-electron chi connectivity index (χ0n) is 8.13. The standard InChI is InChI=1S/C11H7ClN2O2/c12-10-4-9(6-13-7-10)8-2-1-3-11(5-8)14(15)16/h1-7H. The van der Waals surface area contributed by atoms with Crippen LogP contribution in [-0.2, 0) is 0 Å². The van der Waals surface area contributed by atoms with Crippen molar-refractivity contribution in [2.75, 3.05) is 0 Å². The molecule has 4 nitrogen and oxygen atoms in total. The highest BCUT2D eigenvalue weighted by atomic mass is 35.5. The minimum atomic E-state index is -0.429. The molecule has 2 rings (SSSR count). The predicted molar refractivity (Wildman–Crippen MR) is 61.3 cm³/mol. The number of nitro benzene ring substituents is 1. The molecule has 1 aromatic heterocycles. The number of nitrogens with zero attached hydrogens (tertiary/aromatic N) is 2. The zero-order chi connectivity index (χ0) is 11.5. The highest BCUT2D eigenvalue weighted by Crippen LogP contribution is 2.24. The summed E-state index contributed by atoms with van der Waals surface area (Å²) in [5.41, 5.74) is 1.54. The first-order chi connectivity index (χ1) is 7.66. The summed E-state index contributed by atoms with van der Waals surface area (Å²) < 4.78 is 0. The van der Waals surface area contributed by atoms with Gasteiger partial charge < -0.3 is 0 Å². The van der Waals surface area contributed by atoms with Gasteiger partial charge in [0, 0.05) is 30.1 Å². The summed E-state index contributed by atoms with van der Waals surface area (Å²) in [4.78, 5) is 14.1. The van der Waals surface area contributed by atoms with E-state index in [0.29, 0.717) is 5.02 Å². The second kappa shape index (κ2) is 4.28. The zero-order valence-corrected chi connectivity index (χ0v) is 8.89. The highest BCUT2D eigenvalue weighted by Gasteiger charge is 2.07. The molecule has 0 N–H and O–H groups in total. The van der Waals surface area contributed by atoms with Gasteiger partial charge >= 0.3 is 0 Å². The van der Waals surface area contributed by atoms with Crippen molar-refractivity contribution in [3.63, 3.8) is 0 Å². The van der Waals surface area contributed by atoms with Gasteiger partial charge in [-0.15, -0.1) is 0 Å². The van der Waals surface area contributed by atoms with E-state index in [1.54, 1.807) is 24.4 Å². The van der Waals surface area contributed by atoms with Gasteiger partial charge in [0.15, 0.2) is 0 Å². The predicted octanol–water partition coefficient (Wildman–Crippen LogP) is 3.31. The summed E-state index contributed by atoms with van der Waals surface area (Å²) in [5.74, 6) is 0. The van der Waals surface area contributed by atoms with Gasteiger partial charge in [0.05, 0.1) is 9.95 Å². The van der Waals surface area contributed by atoms with Crippen LogP contribution < -0.4 is 0 Å². The lowest BCUT2D eigenvalue weighted by molar-refractivity contribution is -0.384. The van der Waals surface area contributed by atoms with Crippen molar-refractivity contribution in [1.29, 1.82) is 0 Å². The van der Waals surface area contributed by atoms with E-state index < -0.39 is 4.92 Å². The van der Waals surface area contributed by atoms with Gasteiger partial charge in [-0.25, -0.2) is 0 Å². The number of halogens is 1. The number of aromatic nitrogens is 1. The van der Waals surface area contributed by atoms with Crippen LogP contribution in [0.1, 0.15) is 0 Å². The van der Waals surface area contributed by atoms with Gasteiger partial charge in [-0.3, -0.25) is 15.1 Å². The summed E-state index contributed by atoms with van der Waals surface area (Å²) in [6.45, 7) is 0. The molecule has 0 unspecified atom stereocenters. The fourth-order valence-corrected chi connectivity index (χ4v) is 1.54. The molecule has 80 valence electrons. The second-order valence-electron chi connectivity index (χ2n) is 3.20. The van der Waals surface area contributed by atoms with Gasteiger partial charge in [-0.2, -0.15) is 0 Å². The first kappa shape index (κ1) is 10.6. The van der Waals surface area contributed by atoms with Crippen molar-refractivity contribution in [2.24, 2.45) is 0 Å². The molecule has 2 aromatic rings. The number of benzene rings is 1. The number of hydrogen-bond donors (Lipinski definition) is 0. The molecule has 0 amide bonds. The van der Waals surface area contributed by atoms with E-state index in [0.717, 1.165) is 11.1 Å². The molecule has 0 saturated carbocycles. The fourth-order valence-electron chi connectivity index (χ4n) is 1.37. The van der Waals surface area contributed by atoms with E-state index in [2.05, 4.69) is 4.98 Å². The van der Waals surface area contributed by atoms with Crippen LogP contribution >= 0.6 is 11.6 Å². The lowest BCUT2D eigenvalue weighted by Crippen LogP contribution is -1.88. The number of non-ortho nitro benzene ring substituents is 1. The molecule has 0 spiro atoms. The monoisotopic (exact) mass is 234 g/mol.